The van der Waals surface area contributed by atoms with E-state index in [1.807, 2.05) is 11.4 Å². The van der Waals surface area contributed by atoms with Crippen LogP contribution in [0.1, 0.15) is 12.6 Å². The van der Waals surface area contributed by atoms with Gasteiger partial charge in [0, 0.05) is 15.5 Å². The van der Waals surface area contributed by atoms with Gasteiger partial charge in [-0.3, -0.25) is 0 Å². The van der Waals surface area contributed by atoms with E-state index in [1.165, 1.54) is 0 Å². The number of hydrogen-bond donors (Lipinski definition) is 1. The molecular weight excluding hydrogens is 372 g/mol. The van der Waals surface area contributed by atoms with E-state index in [0.717, 1.165) is 31.8 Å². The van der Waals surface area contributed by atoms with E-state index < -0.39 is 0 Å². The summed E-state index contributed by atoms with van der Waals surface area (Å²) in [6.07, 6.45) is 0.895. The molecule has 0 amide bonds. The Balaban J connectivity index is 2.59. The van der Waals surface area contributed by atoms with Gasteiger partial charge in [0.2, 0.25) is 0 Å². The number of aromatic amines is 1. The lowest BCUT2D eigenvalue weighted by Gasteiger charge is -2.04. The lowest BCUT2D eigenvalue weighted by Crippen LogP contribution is -1.96. The Morgan fingerprint density at radius 2 is 2.25 bits per heavy atom. The Morgan fingerprint density at radius 3 is 2.81 bits per heavy atom. The SMILES string of the molecule is CCc1[nH]c(-c2cc(Br)cs2)nc(=S)c1Br. The van der Waals surface area contributed by atoms with Crippen LogP contribution in [-0.4, -0.2) is 9.97 Å². The topological polar surface area (TPSA) is 28.7 Å². The molecule has 16 heavy (non-hydrogen) atoms. The second-order valence-corrected chi connectivity index (χ2v) is 6.17. The van der Waals surface area contributed by atoms with Gasteiger partial charge in [0.1, 0.15) is 10.5 Å². The Kier molecular flexibility index (Phi) is 3.94. The molecule has 0 saturated carbocycles. The third-order valence-corrected chi connectivity index (χ3v) is 5.20. The first-order valence-electron chi connectivity index (χ1n) is 4.65. The molecule has 0 aromatic carbocycles. The number of thiophene rings is 1. The van der Waals surface area contributed by atoms with E-state index in [9.17, 15) is 0 Å². The summed E-state index contributed by atoms with van der Waals surface area (Å²) in [5.41, 5.74) is 1.08. The van der Waals surface area contributed by atoms with Gasteiger partial charge in [-0.2, -0.15) is 0 Å². The maximum atomic E-state index is 5.22. The number of aryl methyl sites for hydroxylation is 1. The molecular formula is C10H8Br2N2S2. The molecule has 2 rings (SSSR count). The molecule has 6 heteroatoms. The summed E-state index contributed by atoms with van der Waals surface area (Å²) in [6.45, 7) is 2.08. The predicted molar refractivity (Wildman–Crippen MR) is 77.5 cm³/mol. The molecule has 0 atom stereocenters. The highest BCUT2D eigenvalue weighted by molar-refractivity contribution is 9.10. The zero-order valence-corrected chi connectivity index (χ0v) is 13.2. The van der Waals surface area contributed by atoms with Crippen molar-refractivity contribution in [2.45, 2.75) is 13.3 Å². The molecule has 0 aliphatic rings. The highest BCUT2D eigenvalue weighted by Crippen LogP contribution is 2.29. The van der Waals surface area contributed by atoms with E-state index in [2.05, 4.69) is 48.8 Å². The summed E-state index contributed by atoms with van der Waals surface area (Å²) < 4.78 is 2.56. The zero-order valence-electron chi connectivity index (χ0n) is 8.38. The normalized spacial score (nSPS) is 10.7. The molecule has 0 fully saturated rings. The third kappa shape index (κ3) is 2.45. The molecule has 0 radical (unpaired) electrons. The van der Waals surface area contributed by atoms with E-state index in [1.54, 1.807) is 11.3 Å². The standard InChI is InChI=1S/C10H8Br2N2S2/c1-2-6-8(12)10(15)14-9(13-6)7-3-5(11)4-16-7/h3-4H,2H2,1H3,(H,13,14,15). The monoisotopic (exact) mass is 378 g/mol. The molecule has 0 saturated heterocycles. The summed E-state index contributed by atoms with van der Waals surface area (Å²) in [5, 5.41) is 2.03. The molecule has 0 spiro atoms. The fraction of sp³-hybridized carbons (Fsp3) is 0.200. The average Bonchev–Trinajstić information content (AvgIpc) is 2.69. The van der Waals surface area contributed by atoms with Crippen LogP contribution < -0.4 is 0 Å². The van der Waals surface area contributed by atoms with Gasteiger partial charge in [-0.15, -0.1) is 11.3 Å². The third-order valence-electron chi connectivity index (χ3n) is 2.09. The van der Waals surface area contributed by atoms with Crippen molar-refractivity contribution in [2.75, 3.05) is 0 Å². The lowest BCUT2D eigenvalue weighted by molar-refractivity contribution is 0.986. The first kappa shape index (κ1) is 12.4. The number of H-pyrrole nitrogens is 1. The molecule has 2 aromatic rings. The van der Waals surface area contributed by atoms with Gasteiger partial charge in [-0.05, 0) is 44.3 Å². The smallest absolute Gasteiger partial charge is 0.149 e. The number of aromatic nitrogens is 2. The second-order valence-electron chi connectivity index (χ2n) is 3.17. The highest BCUT2D eigenvalue weighted by atomic mass is 79.9. The number of hydrogen-bond acceptors (Lipinski definition) is 3. The first-order valence-corrected chi connectivity index (χ1v) is 7.52. The van der Waals surface area contributed by atoms with Crippen LogP contribution in [0.5, 0.6) is 0 Å². The molecule has 2 heterocycles. The maximum absolute atomic E-state index is 5.22. The molecule has 1 N–H and O–H groups in total. The highest BCUT2D eigenvalue weighted by Gasteiger charge is 2.08. The fourth-order valence-electron chi connectivity index (χ4n) is 1.30. The minimum atomic E-state index is 0.607. The maximum Gasteiger partial charge on any atom is 0.149 e. The van der Waals surface area contributed by atoms with Gasteiger partial charge >= 0.3 is 0 Å². The van der Waals surface area contributed by atoms with Crippen molar-refractivity contribution in [2.24, 2.45) is 0 Å². The van der Waals surface area contributed by atoms with Crippen LogP contribution in [0, 0.1) is 4.64 Å². The summed E-state index contributed by atoms with van der Waals surface area (Å²) in [5.74, 6) is 0.834. The number of rotatable bonds is 2. The van der Waals surface area contributed by atoms with E-state index in [-0.39, 0.29) is 0 Å². The summed E-state index contributed by atoms with van der Waals surface area (Å²) in [6, 6.07) is 2.03. The number of nitrogens with one attached hydrogen (secondary N) is 1. The molecule has 2 aromatic heterocycles. The first-order chi connectivity index (χ1) is 7.61. The van der Waals surface area contributed by atoms with Crippen molar-refractivity contribution in [3.05, 3.63) is 30.7 Å². The van der Waals surface area contributed by atoms with Gasteiger partial charge in [0.05, 0.1) is 9.35 Å². The van der Waals surface area contributed by atoms with Crippen molar-refractivity contribution in [3.63, 3.8) is 0 Å². The summed E-state index contributed by atoms with van der Waals surface area (Å²) >= 11 is 13.7. The molecule has 0 unspecified atom stereocenters. The molecule has 0 aliphatic heterocycles. The van der Waals surface area contributed by atoms with E-state index in [0.29, 0.717) is 4.64 Å². The van der Waals surface area contributed by atoms with Crippen LogP contribution >= 0.6 is 55.4 Å². The summed E-state index contributed by atoms with van der Waals surface area (Å²) in [4.78, 5) is 8.75. The minimum absolute atomic E-state index is 0.607. The molecule has 0 aliphatic carbocycles. The lowest BCUT2D eigenvalue weighted by atomic mass is 10.3. The summed E-state index contributed by atoms with van der Waals surface area (Å²) in [7, 11) is 0. The Hall–Kier alpha value is -0.0400. The number of halogens is 2. The van der Waals surface area contributed by atoms with Crippen LogP contribution in [0.3, 0.4) is 0 Å². The fourth-order valence-corrected chi connectivity index (χ4v) is 3.36. The van der Waals surface area contributed by atoms with Gasteiger partial charge < -0.3 is 4.98 Å². The largest absolute Gasteiger partial charge is 0.341 e. The second kappa shape index (κ2) is 5.08. The quantitative estimate of drug-likeness (QED) is 0.747. The van der Waals surface area contributed by atoms with Gasteiger partial charge in [0.15, 0.2) is 0 Å². The van der Waals surface area contributed by atoms with Crippen molar-refractivity contribution >= 4 is 55.4 Å². The van der Waals surface area contributed by atoms with Crippen molar-refractivity contribution in [1.29, 1.82) is 0 Å². The van der Waals surface area contributed by atoms with Crippen LogP contribution in [0.4, 0.5) is 0 Å². The van der Waals surface area contributed by atoms with Crippen molar-refractivity contribution < 1.29 is 0 Å². The van der Waals surface area contributed by atoms with Crippen LogP contribution in [0.25, 0.3) is 10.7 Å². The van der Waals surface area contributed by atoms with Crippen molar-refractivity contribution in [1.82, 2.24) is 9.97 Å². The number of nitrogens with zero attached hydrogens (tertiary/aromatic N) is 1. The van der Waals surface area contributed by atoms with Crippen LogP contribution in [0.15, 0.2) is 20.4 Å². The van der Waals surface area contributed by atoms with Crippen LogP contribution in [0.2, 0.25) is 0 Å². The predicted octanol–water partition coefficient (Wildman–Crippen LogP) is 4.96. The van der Waals surface area contributed by atoms with Crippen molar-refractivity contribution in [3.8, 4) is 10.7 Å². The van der Waals surface area contributed by atoms with Gasteiger partial charge in [0.25, 0.3) is 0 Å². The molecule has 0 bridgehead atoms. The van der Waals surface area contributed by atoms with E-state index >= 15 is 0 Å². The van der Waals surface area contributed by atoms with Gasteiger partial charge in [-0.25, -0.2) is 4.98 Å². The Morgan fingerprint density at radius 1 is 1.50 bits per heavy atom. The minimum Gasteiger partial charge on any atom is -0.341 e. The van der Waals surface area contributed by atoms with Crippen LogP contribution in [-0.2, 0) is 6.42 Å². The molecule has 2 nitrogen and oxygen atoms in total. The zero-order chi connectivity index (χ0) is 11.7. The molecule has 84 valence electrons. The van der Waals surface area contributed by atoms with E-state index in [4.69, 9.17) is 12.2 Å². The van der Waals surface area contributed by atoms with Gasteiger partial charge in [-0.1, -0.05) is 19.1 Å². The Labute approximate surface area is 119 Å². The average molecular weight is 380 g/mol. The Bertz CT molecular complexity index is 574.